The molecular weight excluding hydrogens is 1780 g/mol. The molecule has 2 aromatic carbocycles. The topological polar surface area (TPSA) is 335 Å². The first-order valence-corrected chi connectivity index (χ1v) is 42.4. The Labute approximate surface area is 770 Å². The van der Waals surface area contributed by atoms with Crippen LogP contribution < -0.4 is 40.6 Å². The summed E-state index contributed by atoms with van der Waals surface area (Å²) in [6, 6.07) is 13.6. The molecule has 44 heteroatoms. The summed E-state index contributed by atoms with van der Waals surface area (Å²) in [7, 11) is 0. The monoisotopic (exact) mass is 1890 g/mol. The van der Waals surface area contributed by atoms with Crippen LogP contribution in [0.3, 0.4) is 0 Å². The number of hydrogen-bond donors (Lipinski definition) is 5. The first-order chi connectivity index (χ1) is 60.5. The van der Waals surface area contributed by atoms with Crippen LogP contribution >= 0.6 is 0 Å². The van der Waals surface area contributed by atoms with E-state index in [1.54, 1.807) is 88.8 Å². The summed E-state index contributed by atoms with van der Waals surface area (Å²) in [4.78, 5) is 91.2. The number of nitrogens with zero attached hydrogens (tertiary/aromatic N) is 10. The van der Waals surface area contributed by atoms with Crippen molar-refractivity contribution in [2.24, 2.45) is 41.2 Å². The van der Waals surface area contributed by atoms with Crippen molar-refractivity contribution in [3.05, 3.63) is 158 Å². The van der Waals surface area contributed by atoms with Crippen LogP contribution in [0.25, 0.3) is 0 Å². The van der Waals surface area contributed by atoms with Crippen molar-refractivity contribution >= 4 is 50.1 Å². The number of nitrogens with two attached hydrogens (primary N) is 1. The van der Waals surface area contributed by atoms with Crippen LogP contribution in [0.1, 0.15) is 291 Å². The molecule has 0 unspecified atom stereocenters. The molecule has 0 bridgehead atoms. The largest absolute Gasteiger partial charge is 1.00 e. The van der Waals surface area contributed by atoms with E-state index >= 15 is 0 Å². The van der Waals surface area contributed by atoms with Crippen LogP contribution in [0.2, 0.25) is 0 Å². The molecule has 6 N–H and O–H groups in total. The van der Waals surface area contributed by atoms with Crippen molar-refractivity contribution in [2.75, 3.05) is 0 Å². The number of aliphatic hydroxyl groups is 2. The third-order valence-corrected chi connectivity index (χ3v) is 24.3. The minimum Gasteiger partial charge on any atom is -1.00 e. The summed E-state index contributed by atoms with van der Waals surface area (Å²) in [5, 5.41) is 44.4. The van der Waals surface area contributed by atoms with E-state index in [1.807, 2.05) is 44.0 Å². The van der Waals surface area contributed by atoms with Crippen molar-refractivity contribution in [3.63, 3.8) is 0 Å². The van der Waals surface area contributed by atoms with Gasteiger partial charge in [0.05, 0.1) is 130 Å². The molecule has 719 valence electrons. The fourth-order valence-electron chi connectivity index (χ4n) is 16.4. The van der Waals surface area contributed by atoms with E-state index in [0.717, 1.165) is 46.6 Å². The minimum absolute atomic E-state index is 0. The van der Waals surface area contributed by atoms with Gasteiger partial charge in [-0.05, 0) is 224 Å². The minimum atomic E-state index is -4.14. The van der Waals surface area contributed by atoms with Crippen LogP contribution in [0.4, 0.5) is 79.0 Å². The maximum Gasteiger partial charge on any atom is 1.00 e. The SMILES string of the molecule is CCc1cn(C2CCC(C(F)(F)F)CC2)nc1C.CCc1cn[nH]c1C.Cc1nn(C2CCC(C(F)(F)F)CC2)cc1CN.Cc1nn(C2CCC(C(F)(F)F)CC2)cc1CN1C(=O)c2ccccc2C1=O.Cc1nn(C2CCC(C(F)(F)F)CC2)cc1CO.O=C1CCC(C(F)(F)F)CC1.O=C1NC(=O)c2ccccc21.O=C=O.O=C=O.OC1CCC(C(F)(F)F)CC1.[B].[H-].[Na+]. The molecule has 6 fully saturated rings. The molecule has 131 heavy (non-hydrogen) atoms. The van der Waals surface area contributed by atoms with Gasteiger partial charge in [-0.3, -0.25) is 58.0 Å². The number of carbonyl (C=O) groups is 5. The molecular formula is C87H110BF18N13NaO11. The van der Waals surface area contributed by atoms with Crippen LogP contribution in [0, 0.1) is 70.1 Å². The summed E-state index contributed by atoms with van der Waals surface area (Å²) in [5.74, 6) is -8.37. The Morgan fingerprint density at radius 3 is 0.939 bits per heavy atom. The predicted molar refractivity (Wildman–Crippen MR) is 435 cm³/mol. The number of aryl methyl sites for hydroxylation is 7. The van der Waals surface area contributed by atoms with Gasteiger partial charge in [0.15, 0.2) is 0 Å². The Hall–Kier alpha value is -9.12. The Kier molecular flexibility index (Phi) is 45.3. The van der Waals surface area contributed by atoms with Crippen molar-refractivity contribution in [2.45, 2.75) is 302 Å². The number of amides is 4. The number of halogens is 18. The van der Waals surface area contributed by atoms with Crippen molar-refractivity contribution in [3.8, 4) is 0 Å². The summed E-state index contributed by atoms with van der Waals surface area (Å²) < 4.78 is 230. The molecule has 2 aliphatic heterocycles. The van der Waals surface area contributed by atoms with E-state index in [0.29, 0.717) is 98.7 Å². The van der Waals surface area contributed by atoms with Gasteiger partial charge in [-0.25, -0.2) is 0 Å². The average molecular weight is 1890 g/mol. The predicted octanol–water partition coefficient (Wildman–Crippen LogP) is 16.1. The zero-order chi connectivity index (χ0) is 96.3. The van der Waals surface area contributed by atoms with E-state index < -0.39 is 78.7 Å². The van der Waals surface area contributed by atoms with Gasteiger partial charge in [0, 0.05) is 75.0 Å². The Morgan fingerprint density at radius 1 is 0.412 bits per heavy atom. The second kappa shape index (κ2) is 51.9. The molecule has 8 aliphatic rings. The van der Waals surface area contributed by atoms with Crippen molar-refractivity contribution in [1.82, 2.24) is 59.5 Å². The number of hydrogen-bond acceptors (Lipinski definition) is 17. The summed E-state index contributed by atoms with van der Waals surface area (Å²) in [6.45, 7) is 14.1. The zero-order valence-electron chi connectivity index (χ0n) is 74.9. The standard InChI is InChI=1S/C20H20F3N3O2.C13H19F3N2.C12H18F3N3.C12H17F3N2O.C8H5NO2.C7H11F3O.C7H9F3O.C6H10N2.2CO2.B.Na.H/c1-12-13(10-25-18(27)16-4-2-3-5-17(16)19(25)28)11-26(24-12)15-8-6-14(7-9-15)20(21,22)23;1-3-10-8-18(17-9(10)2)12-6-4-11(5-7-12)13(14,15)16;1-8-9(6-16)7-18(17-8)11-4-2-10(3-5-11)12(13,14)15;1-8-9(7-18)6-17(16-8)11-4-2-10(3-5-11)12(13,14)15;10-7-5-3-1-2-4-6(5)8(11)9-7;2*8-7(9,10)5-1-3-6(11)4-2-5;1-3-6-4-7-8-5(6)2;2*2-1-3;;;/h2-5,11,14-15H,6-10H2,1H3;8,11-12H,3-7H2,1-2H3;7,10-11H,2-6,16H2,1H3;6,10-11,18H,2-5,7H2,1H3;1-4H,(H,9,10,11);5-6,11H,1-4H2;5H,1-4H2;4H,3H2,1-2H3,(H,7,8);;;;;/q;;;;;;;;;;;+1;-1. The number of aliphatic hydroxyl groups excluding tert-OH is 2. The average Bonchev–Trinajstić information content (AvgIpc) is 1.62. The molecule has 7 aromatic rings. The van der Waals surface area contributed by atoms with Gasteiger partial charge in [0.1, 0.15) is 5.78 Å². The van der Waals surface area contributed by atoms with Gasteiger partial charge in [0.2, 0.25) is 0 Å². The molecule has 6 saturated carbocycles. The summed E-state index contributed by atoms with van der Waals surface area (Å²) >= 11 is 0. The molecule has 15 rings (SSSR count). The quantitative estimate of drug-likeness (QED) is 0.0482. The fraction of sp³-hybridized carbons (Fsp3) is 0.609. The van der Waals surface area contributed by atoms with Crippen LogP contribution in [0.5, 0.6) is 0 Å². The first-order valence-electron chi connectivity index (χ1n) is 42.4. The number of ketones is 1. The molecule has 5 aromatic heterocycles. The first kappa shape index (κ1) is 114. The van der Waals surface area contributed by atoms with Gasteiger partial charge < -0.3 is 17.4 Å². The van der Waals surface area contributed by atoms with E-state index in [1.165, 1.54) is 21.7 Å². The maximum absolute atomic E-state index is 12.9. The second-order valence-electron chi connectivity index (χ2n) is 32.8. The number of Topliss-reactive ketones (excluding diaryl/α,β-unsaturated/α-hetero) is 1. The Bertz CT molecular complexity index is 4530. The number of benzene rings is 2. The van der Waals surface area contributed by atoms with Gasteiger partial charge >= 0.3 is 78.9 Å². The van der Waals surface area contributed by atoms with Crippen molar-refractivity contribution in [1.29, 1.82) is 0 Å². The number of rotatable bonds is 10. The normalized spacial score (nSPS) is 22.0. The molecule has 7 heterocycles. The number of imide groups is 2. The molecule has 4 amide bonds. The third kappa shape index (κ3) is 34.4. The number of alkyl halides is 18. The van der Waals surface area contributed by atoms with Crippen LogP contribution in [0.15, 0.2) is 79.5 Å². The molecule has 24 nitrogen and oxygen atoms in total. The van der Waals surface area contributed by atoms with Gasteiger partial charge in [-0.1, -0.05) is 38.1 Å². The molecule has 3 radical (unpaired) electrons. The van der Waals surface area contributed by atoms with Gasteiger partial charge in [-0.2, -0.15) is 124 Å². The second-order valence-corrected chi connectivity index (χ2v) is 32.8. The summed E-state index contributed by atoms with van der Waals surface area (Å²) in [6.07, 6.45) is -6.82. The molecule has 0 atom stereocenters. The van der Waals surface area contributed by atoms with Gasteiger partial charge in [0.25, 0.3) is 23.6 Å². The number of nitrogens with one attached hydrogen (secondary N) is 2. The van der Waals surface area contributed by atoms with E-state index in [4.69, 9.17) is 35.1 Å². The molecule has 0 spiro atoms. The molecule has 6 aliphatic carbocycles. The Balaban J connectivity index is 0.000000393. The van der Waals surface area contributed by atoms with E-state index in [2.05, 4.69) is 49.8 Å². The smallest absolute Gasteiger partial charge is 1.00 e. The van der Waals surface area contributed by atoms with E-state index in [-0.39, 0.29) is 208 Å². The Morgan fingerprint density at radius 2 is 0.679 bits per heavy atom. The zero-order valence-corrected chi connectivity index (χ0v) is 75.9. The number of fused-ring (bicyclic) bond motifs is 2. The fourth-order valence-corrected chi connectivity index (χ4v) is 16.4. The molecule has 0 saturated heterocycles. The summed E-state index contributed by atoms with van der Waals surface area (Å²) in [5.41, 5.74) is 16.7. The third-order valence-electron chi connectivity index (χ3n) is 24.3. The van der Waals surface area contributed by atoms with Crippen LogP contribution in [-0.2, 0) is 56.5 Å². The number of H-pyrrole nitrogens is 1. The van der Waals surface area contributed by atoms with Gasteiger partial charge in [-0.15, -0.1) is 0 Å². The maximum atomic E-state index is 12.9. The number of aromatic nitrogens is 10. The van der Waals surface area contributed by atoms with E-state index in [9.17, 15) is 103 Å². The van der Waals surface area contributed by atoms with Crippen molar-refractivity contribution < 1.29 is 163 Å². The van der Waals surface area contributed by atoms with Crippen LogP contribution in [-0.4, -0.2) is 158 Å². The number of carbonyl (C=O) groups excluding carboxylic acids is 9. The number of aromatic amines is 1.